The van der Waals surface area contributed by atoms with Crippen molar-refractivity contribution < 1.29 is 9.13 Å². The number of alkyl halides is 1. The molecule has 0 bridgehead atoms. The lowest BCUT2D eigenvalue weighted by atomic mass is 9.93. The third kappa shape index (κ3) is 4.03. The summed E-state index contributed by atoms with van der Waals surface area (Å²) in [5.74, 6) is 0. The van der Waals surface area contributed by atoms with Gasteiger partial charge in [0.15, 0.2) is 0 Å². The van der Waals surface area contributed by atoms with E-state index in [4.69, 9.17) is 4.74 Å². The molecule has 0 saturated carbocycles. The first-order valence-electron chi connectivity index (χ1n) is 7.59. The largest absolute Gasteiger partial charge is 0.379 e. The Balaban J connectivity index is 2.00. The van der Waals surface area contributed by atoms with E-state index in [-0.39, 0.29) is 6.04 Å². The highest BCUT2D eigenvalue weighted by molar-refractivity contribution is 5.13. The molecule has 1 N–H and O–H groups in total. The Bertz CT molecular complexity index is 425. The van der Waals surface area contributed by atoms with Gasteiger partial charge >= 0.3 is 0 Å². The van der Waals surface area contributed by atoms with Crippen LogP contribution < -0.4 is 5.32 Å². The molecular weight excluding hydrogens is 257 g/mol. The minimum absolute atomic E-state index is 0.113. The number of halogens is 1. The standard InChI is InChI=1S/C15H26FN3O/c1-4-12-8-14(19(5-2)18-12)10-15(3,16)9-13-11-20-7-6-17-13/h8,13,17H,4-7,9-11H2,1-3H3. The topological polar surface area (TPSA) is 39.1 Å². The molecule has 0 amide bonds. The maximum absolute atomic E-state index is 14.9. The zero-order chi connectivity index (χ0) is 14.6. The van der Waals surface area contributed by atoms with Crippen molar-refractivity contribution >= 4 is 0 Å². The van der Waals surface area contributed by atoms with Crippen LogP contribution in [0.4, 0.5) is 4.39 Å². The predicted molar refractivity (Wildman–Crippen MR) is 77.7 cm³/mol. The first-order chi connectivity index (χ1) is 9.54. The van der Waals surface area contributed by atoms with Crippen LogP contribution in [-0.4, -0.2) is 41.2 Å². The molecule has 1 aromatic rings. The van der Waals surface area contributed by atoms with Crippen LogP contribution in [-0.2, 0) is 24.1 Å². The van der Waals surface area contributed by atoms with Gasteiger partial charge in [0.1, 0.15) is 5.67 Å². The molecule has 0 aliphatic carbocycles. The number of hydrogen-bond acceptors (Lipinski definition) is 3. The van der Waals surface area contributed by atoms with E-state index in [2.05, 4.69) is 17.3 Å². The quantitative estimate of drug-likeness (QED) is 0.869. The molecular formula is C15H26FN3O. The van der Waals surface area contributed by atoms with Gasteiger partial charge in [-0.2, -0.15) is 5.10 Å². The fraction of sp³-hybridized carbons (Fsp3) is 0.800. The SMILES string of the molecule is CCc1cc(CC(C)(F)CC2COCCN2)n(CC)n1. The number of nitrogens with one attached hydrogen (secondary N) is 1. The average molecular weight is 283 g/mol. The van der Waals surface area contributed by atoms with E-state index >= 15 is 0 Å². The Labute approximate surface area is 120 Å². The Morgan fingerprint density at radius 3 is 2.95 bits per heavy atom. The van der Waals surface area contributed by atoms with Gasteiger partial charge in [0.2, 0.25) is 0 Å². The fourth-order valence-electron chi connectivity index (χ4n) is 2.82. The number of hydrogen-bond donors (Lipinski definition) is 1. The highest BCUT2D eigenvalue weighted by Gasteiger charge is 2.30. The van der Waals surface area contributed by atoms with Crippen LogP contribution in [0.5, 0.6) is 0 Å². The van der Waals surface area contributed by atoms with Crippen molar-refractivity contribution in [1.82, 2.24) is 15.1 Å². The predicted octanol–water partition coefficient (Wildman–Crippen LogP) is 2.11. The summed E-state index contributed by atoms with van der Waals surface area (Å²) in [7, 11) is 0. The molecule has 5 heteroatoms. The van der Waals surface area contributed by atoms with Crippen molar-refractivity contribution in [3.63, 3.8) is 0 Å². The minimum atomic E-state index is -1.24. The lowest BCUT2D eigenvalue weighted by molar-refractivity contribution is 0.0478. The van der Waals surface area contributed by atoms with Crippen molar-refractivity contribution in [3.8, 4) is 0 Å². The molecule has 2 unspecified atom stereocenters. The lowest BCUT2D eigenvalue weighted by Crippen LogP contribution is -2.45. The van der Waals surface area contributed by atoms with Crippen molar-refractivity contribution in [3.05, 3.63) is 17.5 Å². The molecule has 1 aromatic heterocycles. The summed E-state index contributed by atoms with van der Waals surface area (Å²) >= 11 is 0. The molecule has 1 aliphatic heterocycles. The Kier molecular flexibility index (Phi) is 5.16. The van der Waals surface area contributed by atoms with Crippen molar-refractivity contribution in [2.24, 2.45) is 0 Å². The maximum atomic E-state index is 14.9. The summed E-state index contributed by atoms with van der Waals surface area (Å²) in [5.41, 5.74) is 0.791. The van der Waals surface area contributed by atoms with Gasteiger partial charge < -0.3 is 10.1 Å². The van der Waals surface area contributed by atoms with Crippen LogP contribution in [0.2, 0.25) is 0 Å². The van der Waals surface area contributed by atoms with E-state index in [1.807, 2.05) is 17.7 Å². The molecule has 1 saturated heterocycles. The average Bonchev–Trinajstić information content (AvgIpc) is 2.80. The van der Waals surface area contributed by atoms with Gasteiger partial charge in [0.25, 0.3) is 0 Å². The molecule has 20 heavy (non-hydrogen) atoms. The Morgan fingerprint density at radius 2 is 2.35 bits per heavy atom. The first kappa shape index (κ1) is 15.4. The molecule has 2 atom stereocenters. The monoisotopic (exact) mass is 283 g/mol. The van der Waals surface area contributed by atoms with Crippen LogP contribution in [0, 0.1) is 0 Å². The zero-order valence-electron chi connectivity index (χ0n) is 12.8. The molecule has 1 fully saturated rings. The number of aromatic nitrogens is 2. The lowest BCUT2D eigenvalue weighted by Gasteiger charge is -2.30. The molecule has 2 rings (SSSR count). The second-order valence-corrected chi connectivity index (χ2v) is 5.82. The molecule has 4 nitrogen and oxygen atoms in total. The van der Waals surface area contributed by atoms with Gasteiger partial charge in [0, 0.05) is 31.2 Å². The van der Waals surface area contributed by atoms with Crippen LogP contribution in [0.25, 0.3) is 0 Å². The zero-order valence-corrected chi connectivity index (χ0v) is 12.8. The van der Waals surface area contributed by atoms with E-state index in [1.54, 1.807) is 6.92 Å². The van der Waals surface area contributed by atoms with Crippen LogP contribution in [0.3, 0.4) is 0 Å². The van der Waals surface area contributed by atoms with E-state index in [1.165, 1.54) is 0 Å². The number of ether oxygens (including phenoxy) is 1. The molecule has 0 spiro atoms. The van der Waals surface area contributed by atoms with Gasteiger partial charge in [-0.25, -0.2) is 4.39 Å². The first-order valence-corrected chi connectivity index (χ1v) is 7.59. The van der Waals surface area contributed by atoms with E-state index in [9.17, 15) is 4.39 Å². The van der Waals surface area contributed by atoms with Gasteiger partial charge in [0.05, 0.1) is 18.9 Å². The second-order valence-electron chi connectivity index (χ2n) is 5.82. The molecule has 2 heterocycles. The summed E-state index contributed by atoms with van der Waals surface area (Å²) in [6.45, 7) is 8.73. The third-order valence-corrected chi connectivity index (χ3v) is 3.80. The van der Waals surface area contributed by atoms with Crippen molar-refractivity contribution in [2.45, 2.75) is 58.3 Å². The molecule has 0 radical (unpaired) electrons. The van der Waals surface area contributed by atoms with E-state index < -0.39 is 5.67 Å². The highest BCUT2D eigenvalue weighted by Crippen LogP contribution is 2.24. The Hall–Kier alpha value is -0.940. The van der Waals surface area contributed by atoms with Gasteiger partial charge in [-0.15, -0.1) is 0 Å². The highest BCUT2D eigenvalue weighted by atomic mass is 19.1. The number of rotatable bonds is 6. The third-order valence-electron chi connectivity index (χ3n) is 3.80. The summed E-state index contributed by atoms with van der Waals surface area (Å²) in [5, 5.41) is 7.81. The normalized spacial score (nSPS) is 22.7. The maximum Gasteiger partial charge on any atom is 0.115 e. The second kappa shape index (κ2) is 6.68. The van der Waals surface area contributed by atoms with Crippen LogP contribution in [0.1, 0.15) is 38.6 Å². The van der Waals surface area contributed by atoms with Gasteiger partial charge in [-0.3, -0.25) is 4.68 Å². The minimum Gasteiger partial charge on any atom is -0.379 e. The summed E-state index contributed by atoms with van der Waals surface area (Å²) in [6.07, 6.45) is 1.77. The molecule has 0 aromatic carbocycles. The number of morpholine rings is 1. The van der Waals surface area contributed by atoms with Crippen LogP contribution >= 0.6 is 0 Å². The van der Waals surface area contributed by atoms with Gasteiger partial charge in [-0.1, -0.05) is 6.92 Å². The smallest absolute Gasteiger partial charge is 0.115 e. The molecule has 114 valence electrons. The summed E-state index contributed by atoms with van der Waals surface area (Å²) in [4.78, 5) is 0. The number of nitrogens with zero attached hydrogens (tertiary/aromatic N) is 2. The summed E-state index contributed by atoms with van der Waals surface area (Å²) in [6, 6.07) is 2.15. The van der Waals surface area contributed by atoms with E-state index in [0.717, 1.165) is 37.5 Å². The van der Waals surface area contributed by atoms with Crippen molar-refractivity contribution in [1.29, 1.82) is 0 Å². The summed E-state index contributed by atoms with van der Waals surface area (Å²) < 4.78 is 22.2. The number of aryl methyl sites for hydroxylation is 2. The van der Waals surface area contributed by atoms with Crippen LogP contribution in [0.15, 0.2) is 6.07 Å². The fourth-order valence-corrected chi connectivity index (χ4v) is 2.82. The van der Waals surface area contributed by atoms with E-state index in [0.29, 0.717) is 19.4 Å². The van der Waals surface area contributed by atoms with Crippen molar-refractivity contribution in [2.75, 3.05) is 19.8 Å². The van der Waals surface area contributed by atoms with Gasteiger partial charge in [-0.05, 0) is 32.8 Å². The Morgan fingerprint density at radius 1 is 1.55 bits per heavy atom. The molecule has 1 aliphatic rings.